The molecule has 0 saturated heterocycles. The molecule has 5 rings (SSSR count). The Morgan fingerprint density at radius 3 is 2.88 bits per heavy atom. The van der Waals surface area contributed by atoms with Gasteiger partial charge in [-0.3, -0.25) is 14.2 Å². The Balaban J connectivity index is 1.60. The predicted molar refractivity (Wildman–Crippen MR) is 119 cm³/mol. The van der Waals surface area contributed by atoms with E-state index in [1.165, 1.54) is 22.0 Å². The largest absolute Gasteiger partial charge is 0.494 e. The number of thiazole rings is 1. The molecule has 2 aromatic carbocycles. The molecule has 10 heteroatoms. The number of hydrogen-bond donors (Lipinski definition) is 2. The van der Waals surface area contributed by atoms with Crippen molar-refractivity contribution >= 4 is 40.2 Å². The van der Waals surface area contributed by atoms with Gasteiger partial charge in [-0.15, -0.1) is 0 Å². The first-order valence-electron chi connectivity index (χ1n) is 9.91. The number of carboxylic acid groups (broad SMARTS) is 1. The third kappa shape index (κ3) is 3.25. The van der Waals surface area contributed by atoms with E-state index >= 15 is 0 Å². The van der Waals surface area contributed by atoms with Gasteiger partial charge in [0.05, 0.1) is 17.7 Å². The summed E-state index contributed by atoms with van der Waals surface area (Å²) in [4.78, 5) is 44.1. The number of aromatic nitrogens is 1. The fraction of sp³-hybridized carbons (Fsp3) is 0.182. The molecule has 9 nitrogen and oxygen atoms in total. The quantitative estimate of drug-likeness (QED) is 0.618. The zero-order chi connectivity index (χ0) is 22.4. The van der Waals surface area contributed by atoms with Crippen LogP contribution in [0.2, 0.25) is 0 Å². The van der Waals surface area contributed by atoms with Crippen LogP contribution in [0.5, 0.6) is 5.75 Å². The third-order valence-electron chi connectivity index (χ3n) is 5.28. The fourth-order valence-corrected chi connectivity index (χ4v) is 4.85. The monoisotopic (exact) mass is 450 g/mol. The van der Waals surface area contributed by atoms with E-state index < -0.39 is 5.97 Å². The number of amides is 1. The average Bonchev–Trinajstić information content (AvgIpc) is 3.29. The summed E-state index contributed by atoms with van der Waals surface area (Å²) in [6, 6.07) is 11.8. The van der Waals surface area contributed by atoms with Crippen molar-refractivity contribution in [3.63, 3.8) is 0 Å². The molecule has 0 radical (unpaired) electrons. The van der Waals surface area contributed by atoms with Crippen molar-refractivity contribution in [1.82, 2.24) is 4.57 Å². The first kappa shape index (κ1) is 20.0. The van der Waals surface area contributed by atoms with Crippen molar-refractivity contribution in [3.05, 3.63) is 73.3 Å². The maximum absolute atomic E-state index is 13.3. The highest BCUT2D eigenvalue weighted by atomic mass is 32.1. The number of carbonyl (C=O) groups is 2. The molecule has 0 spiro atoms. The second kappa shape index (κ2) is 7.65. The zero-order valence-corrected chi connectivity index (χ0v) is 17.8. The Hall–Kier alpha value is -3.92. The fourth-order valence-electron chi connectivity index (χ4n) is 3.79. The molecule has 3 aromatic rings. The normalized spacial score (nSPS) is 16.2. The number of hydrogen-bond acceptors (Lipinski definition) is 7. The van der Waals surface area contributed by atoms with Gasteiger partial charge in [0, 0.05) is 16.9 Å². The Morgan fingerprint density at radius 1 is 1.25 bits per heavy atom. The van der Waals surface area contributed by atoms with Crippen LogP contribution in [-0.2, 0) is 11.5 Å². The molecule has 1 amide bonds. The lowest BCUT2D eigenvalue weighted by atomic mass is 10.1. The van der Waals surface area contributed by atoms with Crippen LogP contribution in [0.25, 0.3) is 5.57 Å². The smallest absolute Gasteiger partial charge is 0.335 e. The zero-order valence-electron chi connectivity index (χ0n) is 17.0. The maximum Gasteiger partial charge on any atom is 0.335 e. The molecule has 0 fully saturated rings. The van der Waals surface area contributed by atoms with Gasteiger partial charge >= 0.3 is 5.97 Å². The Bertz CT molecular complexity index is 1460. The van der Waals surface area contributed by atoms with E-state index in [1.54, 1.807) is 41.3 Å². The van der Waals surface area contributed by atoms with E-state index in [1.807, 2.05) is 6.92 Å². The molecular formula is C22H18N4O5S. The van der Waals surface area contributed by atoms with Gasteiger partial charge in [-0.2, -0.15) is 0 Å². The number of rotatable bonds is 4. The summed E-state index contributed by atoms with van der Waals surface area (Å²) in [5, 5.41) is 12.1. The van der Waals surface area contributed by atoms with Gasteiger partial charge < -0.3 is 20.1 Å². The van der Waals surface area contributed by atoms with E-state index in [4.69, 9.17) is 4.74 Å². The first-order valence-corrected chi connectivity index (χ1v) is 10.7. The van der Waals surface area contributed by atoms with Crippen LogP contribution < -0.4 is 29.8 Å². The summed E-state index contributed by atoms with van der Waals surface area (Å²) >= 11 is 1.18. The number of carboxylic acids is 1. The van der Waals surface area contributed by atoms with E-state index in [2.05, 4.69) is 10.3 Å². The summed E-state index contributed by atoms with van der Waals surface area (Å²) in [5.74, 6) is -0.739. The van der Waals surface area contributed by atoms with Gasteiger partial charge in [0.2, 0.25) is 0 Å². The molecule has 0 unspecified atom stereocenters. The molecule has 0 atom stereocenters. The number of nitrogens with one attached hydrogen (secondary N) is 1. The standard InChI is InChI=1S/C22H18N4O5S/c1-2-31-14-6-7-16-15(9-14)17(19(27)24-16)18-20(28)26-11-25(10-23-22(26)32-18)13-5-3-4-12(8-13)21(29)30/h3-9H,2,10-11H2,1H3,(H,24,27)(H,29,30)/b18-17-. The summed E-state index contributed by atoms with van der Waals surface area (Å²) in [6.07, 6.45) is 0. The van der Waals surface area contributed by atoms with Crippen molar-refractivity contribution in [2.45, 2.75) is 13.6 Å². The minimum Gasteiger partial charge on any atom is -0.494 e. The maximum atomic E-state index is 13.3. The highest BCUT2D eigenvalue weighted by molar-refractivity contribution is 7.07. The van der Waals surface area contributed by atoms with E-state index in [0.29, 0.717) is 44.2 Å². The van der Waals surface area contributed by atoms with Gasteiger partial charge in [0.25, 0.3) is 11.5 Å². The van der Waals surface area contributed by atoms with Crippen molar-refractivity contribution in [1.29, 1.82) is 0 Å². The Labute approximate surface area is 185 Å². The van der Waals surface area contributed by atoms with Crippen LogP contribution in [0.3, 0.4) is 0 Å². The summed E-state index contributed by atoms with van der Waals surface area (Å²) in [5.41, 5.74) is 2.07. The number of anilines is 2. The van der Waals surface area contributed by atoms with E-state index in [0.717, 1.165) is 0 Å². The molecule has 162 valence electrons. The van der Waals surface area contributed by atoms with Gasteiger partial charge in [-0.1, -0.05) is 17.4 Å². The molecule has 0 aliphatic carbocycles. The number of aromatic carboxylic acids is 1. The SMILES string of the molecule is CCOc1ccc2c(c1)/C(=c1/sc3n(c1=O)CN(c1cccc(C(=O)O)c1)CN=3)C(=O)N2. The second-order valence-electron chi connectivity index (χ2n) is 7.25. The summed E-state index contributed by atoms with van der Waals surface area (Å²) < 4.78 is 7.37. The van der Waals surface area contributed by atoms with E-state index in [-0.39, 0.29) is 30.4 Å². The number of fused-ring (bicyclic) bond motifs is 2. The Morgan fingerprint density at radius 2 is 2.09 bits per heavy atom. The van der Waals surface area contributed by atoms with Gasteiger partial charge in [-0.05, 0) is 43.3 Å². The van der Waals surface area contributed by atoms with Crippen molar-refractivity contribution in [2.24, 2.45) is 4.99 Å². The minimum absolute atomic E-state index is 0.159. The molecule has 32 heavy (non-hydrogen) atoms. The van der Waals surface area contributed by atoms with Crippen molar-refractivity contribution in [3.8, 4) is 5.75 Å². The van der Waals surface area contributed by atoms with Crippen molar-refractivity contribution < 1.29 is 19.4 Å². The number of ether oxygens (including phenoxy) is 1. The second-order valence-corrected chi connectivity index (χ2v) is 8.23. The molecule has 2 N–H and O–H groups in total. The summed E-state index contributed by atoms with van der Waals surface area (Å²) in [6.45, 7) is 2.84. The lowest BCUT2D eigenvalue weighted by Crippen LogP contribution is -2.43. The van der Waals surface area contributed by atoms with Crippen LogP contribution in [-0.4, -0.2) is 34.8 Å². The number of benzene rings is 2. The highest BCUT2D eigenvalue weighted by Gasteiger charge is 2.28. The van der Waals surface area contributed by atoms with E-state index in [9.17, 15) is 19.5 Å². The minimum atomic E-state index is -1.02. The van der Waals surface area contributed by atoms with Crippen LogP contribution in [0.4, 0.5) is 11.4 Å². The molecule has 1 aromatic heterocycles. The topological polar surface area (TPSA) is 113 Å². The van der Waals surface area contributed by atoms with Crippen LogP contribution in [0, 0.1) is 0 Å². The molecule has 2 aliphatic heterocycles. The van der Waals surface area contributed by atoms with Crippen LogP contribution in [0.15, 0.2) is 52.3 Å². The average molecular weight is 450 g/mol. The molecule has 0 bridgehead atoms. The van der Waals surface area contributed by atoms with Gasteiger partial charge in [0.15, 0.2) is 4.80 Å². The molecule has 2 aliphatic rings. The van der Waals surface area contributed by atoms with Crippen LogP contribution >= 0.6 is 11.3 Å². The predicted octanol–water partition coefficient (Wildman–Crippen LogP) is 1.21. The highest BCUT2D eigenvalue weighted by Crippen LogP contribution is 2.33. The molecular weight excluding hydrogens is 432 g/mol. The third-order valence-corrected chi connectivity index (χ3v) is 6.40. The van der Waals surface area contributed by atoms with Crippen molar-refractivity contribution in [2.75, 3.05) is 23.5 Å². The lowest BCUT2D eigenvalue weighted by Gasteiger charge is -2.25. The number of nitrogens with zero attached hydrogens (tertiary/aromatic N) is 3. The van der Waals surface area contributed by atoms with Crippen LogP contribution in [0.1, 0.15) is 22.8 Å². The molecule has 3 heterocycles. The molecule has 0 saturated carbocycles. The number of carbonyl (C=O) groups excluding carboxylic acids is 1. The Kier molecular flexibility index (Phi) is 4.78. The van der Waals surface area contributed by atoms with Gasteiger partial charge in [0.1, 0.15) is 23.6 Å². The summed E-state index contributed by atoms with van der Waals surface area (Å²) in [7, 11) is 0. The first-order chi connectivity index (χ1) is 15.5. The van der Waals surface area contributed by atoms with Gasteiger partial charge in [-0.25, -0.2) is 9.79 Å². The lowest BCUT2D eigenvalue weighted by molar-refractivity contribution is -0.110.